The van der Waals surface area contributed by atoms with Crippen LogP contribution in [0.1, 0.15) is 17.8 Å². The first-order valence-electron chi connectivity index (χ1n) is 7.18. The zero-order chi connectivity index (χ0) is 15.1. The number of allylic oxidation sites excluding steroid dienone is 1. The van der Waals surface area contributed by atoms with Gasteiger partial charge in [-0.1, -0.05) is 35.9 Å². The van der Waals surface area contributed by atoms with Crippen LogP contribution >= 0.6 is 11.6 Å². The number of para-hydroxylation sites is 1. The lowest BCUT2D eigenvalue weighted by atomic mass is 10.1. The Labute approximate surface area is 132 Å². The third kappa shape index (κ3) is 2.14. The summed E-state index contributed by atoms with van der Waals surface area (Å²) in [4.78, 5) is 17.2. The molecule has 22 heavy (non-hydrogen) atoms. The molecule has 0 amide bonds. The lowest BCUT2D eigenvalue weighted by Crippen LogP contribution is -2.20. The van der Waals surface area contributed by atoms with E-state index in [0.717, 1.165) is 28.9 Å². The SMILES string of the molecule is O=c1c2ccccc2nc2n1CCC2=Cc1ccc(Cl)cc1. The molecule has 1 aliphatic rings. The van der Waals surface area contributed by atoms with Gasteiger partial charge in [-0.2, -0.15) is 0 Å². The molecule has 0 unspecified atom stereocenters. The Hall–Kier alpha value is -2.39. The van der Waals surface area contributed by atoms with E-state index in [1.165, 1.54) is 0 Å². The molecule has 1 aromatic heterocycles. The summed E-state index contributed by atoms with van der Waals surface area (Å²) in [6.07, 6.45) is 2.90. The smallest absolute Gasteiger partial charge is 0.261 e. The van der Waals surface area contributed by atoms with E-state index >= 15 is 0 Å². The fourth-order valence-corrected chi connectivity index (χ4v) is 2.99. The van der Waals surface area contributed by atoms with E-state index in [1.54, 1.807) is 4.57 Å². The minimum atomic E-state index is 0.0418. The van der Waals surface area contributed by atoms with Crippen LogP contribution in [0.4, 0.5) is 0 Å². The molecule has 3 aromatic rings. The van der Waals surface area contributed by atoms with E-state index < -0.39 is 0 Å². The highest BCUT2D eigenvalue weighted by Crippen LogP contribution is 2.27. The maximum Gasteiger partial charge on any atom is 0.261 e. The molecule has 0 saturated heterocycles. The number of halogens is 1. The number of hydrogen-bond donors (Lipinski definition) is 0. The quantitative estimate of drug-likeness (QED) is 0.681. The molecule has 1 aliphatic heterocycles. The van der Waals surface area contributed by atoms with Crippen molar-refractivity contribution in [3.05, 3.63) is 75.3 Å². The van der Waals surface area contributed by atoms with Crippen LogP contribution in [-0.2, 0) is 6.54 Å². The van der Waals surface area contributed by atoms with Crippen LogP contribution in [-0.4, -0.2) is 9.55 Å². The lowest BCUT2D eigenvalue weighted by Gasteiger charge is -2.05. The summed E-state index contributed by atoms with van der Waals surface area (Å²) in [5, 5.41) is 1.40. The monoisotopic (exact) mass is 308 g/mol. The van der Waals surface area contributed by atoms with E-state index in [4.69, 9.17) is 11.6 Å². The van der Waals surface area contributed by atoms with Crippen molar-refractivity contribution in [1.29, 1.82) is 0 Å². The third-order valence-electron chi connectivity index (χ3n) is 3.96. The largest absolute Gasteiger partial charge is 0.292 e. The van der Waals surface area contributed by atoms with Gasteiger partial charge in [0.2, 0.25) is 0 Å². The van der Waals surface area contributed by atoms with Crippen molar-refractivity contribution < 1.29 is 0 Å². The van der Waals surface area contributed by atoms with E-state index in [0.29, 0.717) is 17.0 Å². The molecule has 2 aromatic carbocycles. The highest BCUT2D eigenvalue weighted by atomic mass is 35.5. The summed E-state index contributed by atoms with van der Waals surface area (Å²) in [6, 6.07) is 15.2. The van der Waals surface area contributed by atoms with Crippen LogP contribution in [0, 0.1) is 0 Å². The van der Waals surface area contributed by atoms with Gasteiger partial charge < -0.3 is 0 Å². The molecule has 0 radical (unpaired) electrons. The maximum absolute atomic E-state index is 12.5. The maximum atomic E-state index is 12.5. The second-order valence-corrected chi connectivity index (χ2v) is 5.82. The van der Waals surface area contributed by atoms with Crippen LogP contribution in [0.5, 0.6) is 0 Å². The minimum Gasteiger partial charge on any atom is -0.292 e. The first kappa shape index (κ1) is 13.3. The van der Waals surface area contributed by atoms with E-state index in [1.807, 2.05) is 48.5 Å². The molecule has 0 bridgehead atoms. The average molecular weight is 309 g/mol. The van der Waals surface area contributed by atoms with E-state index in [9.17, 15) is 4.79 Å². The van der Waals surface area contributed by atoms with E-state index in [-0.39, 0.29) is 5.56 Å². The third-order valence-corrected chi connectivity index (χ3v) is 4.22. The summed E-state index contributed by atoms with van der Waals surface area (Å²) in [7, 11) is 0. The molecule has 4 heteroatoms. The zero-order valence-corrected chi connectivity index (χ0v) is 12.5. The van der Waals surface area contributed by atoms with Crippen LogP contribution in [0.2, 0.25) is 5.02 Å². The molecule has 108 valence electrons. The standard InChI is InChI=1S/C18H13ClN2O/c19-14-7-5-12(6-8-14)11-13-9-10-21-17(13)20-16-4-2-1-3-15(16)18(21)22/h1-8,11H,9-10H2. The molecule has 2 heterocycles. The molecule has 0 saturated carbocycles. The number of benzene rings is 2. The fraction of sp³-hybridized carbons (Fsp3) is 0.111. The van der Waals surface area contributed by atoms with Crippen molar-refractivity contribution in [2.24, 2.45) is 0 Å². The van der Waals surface area contributed by atoms with Crippen molar-refractivity contribution in [2.45, 2.75) is 13.0 Å². The Morgan fingerprint density at radius 1 is 1.09 bits per heavy atom. The average Bonchev–Trinajstić information content (AvgIpc) is 2.93. The second kappa shape index (κ2) is 5.11. The Bertz CT molecular complexity index is 955. The van der Waals surface area contributed by atoms with Crippen molar-refractivity contribution in [2.75, 3.05) is 0 Å². The van der Waals surface area contributed by atoms with Gasteiger partial charge in [0, 0.05) is 11.6 Å². The Balaban J connectivity index is 1.88. The molecule has 0 aliphatic carbocycles. The fourth-order valence-electron chi connectivity index (χ4n) is 2.86. The van der Waals surface area contributed by atoms with Crippen molar-refractivity contribution in [3.8, 4) is 0 Å². The van der Waals surface area contributed by atoms with E-state index in [2.05, 4.69) is 11.1 Å². The van der Waals surface area contributed by atoms with Gasteiger partial charge in [-0.25, -0.2) is 4.98 Å². The summed E-state index contributed by atoms with van der Waals surface area (Å²) >= 11 is 5.92. The first-order valence-corrected chi connectivity index (χ1v) is 7.56. The molecular weight excluding hydrogens is 296 g/mol. The van der Waals surface area contributed by atoms with Gasteiger partial charge in [0.1, 0.15) is 5.82 Å². The van der Waals surface area contributed by atoms with Gasteiger partial charge in [0.25, 0.3) is 5.56 Å². The summed E-state index contributed by atoms with van der Waals surface area (Å²) in [5.74, 6) is 0.777. The van der Waals surface area contributed by atoms with Crippen molar-refractivity contribution in [1.82, 2.24) is 9.55 Å². The highest BCUT2D eigenvalue weighted by Gasteiger charge is 2.20. The number of nitrogens with zero attached hydrogens (tertiary/aromatic N) is 2. The lowest BCUT2D eigenvalue weighted by molar-refractivity contribution is 0.725. The van der Waals surface area contributed by atoms with Gasteiger partial charge in [-0.05, 0) is 47.9 Å². The van der Waals surface area contributed by atoms with Crippen LogP contribution in [0.3, 0.4) is 0 Å². The zero-order valence-electron chi connectivity index (χ0n) is 11.8. The summed E-state index contributed by atoms with van der Waals surface area (Å²) < 4.78 is 1.77. The minimum absolute atomic E-state index is 0.0418. The molecule has 4 rings (SSSR count). The topological polar surface area (TPSA) is 34.9 Å². The van der Waals surface area contributed by atoms with Gasteiger partial charge in [-0.3, -0.25) is 9.36 Å². The second-order valence-electron chi connectivity index (χ2n) is 5.38. The van der Waals surface area contributed by atoms with Crippen LogP contribution < -0.4 is 5.56 Å². The van der Waals surface area contributed by atoms with Crippen molar-refractivity contribution in [3.63, 3.8) is 0 Å². The number of hydrogen-bond acceptors (Lipinski definition) is 2. The normalized spacial score (nSPS) is 15.4. The molecule has 0 fully saturated rings. The van der Waals surface area contributed by atoms with Crippen LogP contribution in [0.15, 0.2) is 53.3 Å². The molecule has 0 atom stereocenters. The number of fused-ring (bicyclic) bond motifs is 2. The molecular formula is C18H13ClN2O. The highest BCUT2D eigenvalue weighted by molar-refractivity contribution is 6.30. The van der Waals surface area contributed by atoms with Crippen molar-refractivity contribution >= 4 is 34.2 Å². The summed E-state index contributed by atoms with van der Waals surface area (Å²) in [5.41, 5.74) is 2.95. The van der Waals surface area contributed by atoms with Gasteiger partial charge >= 0.3 is 0 Å². The number of rotatable bonds is 1. The van der Waals surface area contributed by atoms with Crippen LogP contribution in [0.25, 0.3) is 22.6 Å². The number of aromatic nitrogens is 2. The molecule has 0 N–H and O–H groups in total. The molecule has 0 spiro atoms. The van der Waals surface area contributed by atoms with Gasteiger partial charge in [0.15, 0.2) is 0 Å². The summed E-state index contributed by atoms with van der Waals surface area (Å²) in [6.45, 7) is 0.686. The Morgan fingerprint density at radius 2 is 1.86 bits per heavy atom. The Morgan fingerprint density at radius 3 is 2.68 bits per heavy atom. The van der Waals surface area contributed by atoms with Gasteiger partial charge in [-0.15, -0.1) is 0 Å². The molecule has 3 nitrogen and oxygen atoms in total. The Kier molecular flexibility index (Phi) is 3.09. The van der Waals surface area contributed by atoms with Gasteiger partial charge in [0.05, 0.1) is 10.9 Å². The predicted molar refractivity (Wildman–Crippen MR) is 89.9 cm³/mol. The predicted octanol–water partition coefficient (Wildman–Crippen LogP) is 3.99. The first-order chi connectivity index (χ1) is 10.7.